The fraction of sp³-hybridized carbons (Fsp3) is 0. The summed E-state index contributed by atoms with van der Waals surface area (Å²) in [5.41, 5.74) is 7.57. The number of carbonyl (C=O) groups excluding carboxylic acids is 1. The number of guanidine groups is 1. The summed E-state index contributed by atoms with van der Waals surface area (Å²) in [6.07, 6.45) is 0. The first-order valence-corrected chi connectivity index (χ1v) is 4.68. The molecule has 0 amide bonds. The van der Waals surface area contributed by atoms with Gasteiger partial charge in [0.25, 0.3) is 11.4 Å². The Hall–Kier alpha value is -3.48. The van der Waals surface area contributed by atoms with Gasteiger partial charge in [-0.25, -0.2) is 0 Å². The number of nitro benzene ring substituents is 2. The van der Waals surface area contributed by atoms with Gasteiger partial charge in [0.2, 0.25) is 0 Å². The molecule has 21 heavy (non-hydrogen) atoms. The molecule has 116 valence electrons. The van der Waals surface area contributed by atoms with Crippen molar-refractivity contribution in [1.82, 2.24) is 0 Å². The molecule has 0 fully saturated rings. The normalized spacial score (nSPS) is 8.38. The van der Waals surface area contributed by atoms with Crippen molar-refractivity contribution in [3.8, 4) is 0 Å². The fourth-order valence-corrected chi connectivity index (χ4v) is 0.924. The predicted octanol–water partition coefficient (Wildman–Crippen LogP) is -4.74. The number of hydrogen-bond donors (Lipinski definition) is 4. The summed E-state index contributed by atoms with van der Waals surface area (Å²) in [4.78, 5) is 29.2. The van der Waals surface area contributed by atoms with Crippen molar-refractivity contribution in [2.75, 3.05) is 0 Å². The number of hydrazone groups is 1. The van der Waals surface area contributed by atoms with Crippen LogP contribution in [0.3, 0.4) is 0 Å². The Balaban J connectivity index is 0. The lowest BCUT2D eigenvalue weighted by atomic mass is 10.2. The van der Waals surface area contributed by atoms with Crippen LogP contribution in [0.15, 0.2) is 18.2 Å². The molecular formula is C8H12N6O7. The minimum atomic E-state index is -1.71. The number of nitrogens with two attached hydrogens (primary N) is 3. The molecule has 0 unspecified atom stereocenters. The van der Waals surface area contributed by atoms with Crippen molar-refractivity contribution in [2.24, 2.45) is 17.3 Å². The van der Waals surface area contributed by atoms with E-state index in [0.29, 0.717) is 18.2 Å². The quantitative estimate of drug-likeness (QED) is 0.137. The van der Waals surface area contributed by atoms with Gasteiger partial charge in [-0.1, -0.05) is 0 Å². The highest BCUT2D eigenvalue weighted by Crippen LogP contribution is 2.22. The van der Waals surface area contributed by atoms with Crippen molar-refractivity contribution in [3.05, 3.63) is 44.0 Å². The summed E-state index contributed by atoms with van der Waals surface area (Å²) in [5.74, 6) is 2.96. The number of benzene rings is 1. The number of nitrogens with one attached hydrogen (secondary N) is 1. The molecule has 9 N–H and O–H groups in total. The first-order chi connectivity index (χ1) is 9.18. The van der Waals surface area contributed by atoms with Gasteiger partial charge >= 0.3 is 5.96 Å². The summed E-state index contributed by atoms with van der Waals surface area (Å²) >= 11 is 0. The summed E-state index contributed by atoms with van der Waals surface area (Å²) in [7, 11) is 0. The van der Waals surface area contributed by atoms with Crippen molar-refractivity contribution >= 4 is 23.3 Å². The van der Waals surface area contributed by atoms with Crippen molar-refractivity contribution in [3.63, 3.8) is 0 Å². The highest BCUT2D eigenvalue weighted by atomic mass is 16.6. The van der Waals surface area contributed by atoms with Crippen molar-refractivity contribution in [1.29, 1.82) is 0 Å². The van der Waals surface area contributed by atoms with Gasteiger partial charge in [-0.2, -0.15) is 5.10 Å². The van der Waals surface area contributed by atoms with Crippen LogP contribution in [0.1, 0.15) is 10.4 Å². The molecule has 0 atom stereocenters. The number of nitrogens with zero attached hydrogens (tertiary/aromatic N) is 2. The van der Waals surface area contributed by atoms with Crippen LogP contribution in [0.2, 0.25) is 0 Å². The zero-order valence-electron chi connectivity index (χ0n) is 10.3. The molecule has 0 saturated carbocycles. The Kier molecular flexibility index (Phi) is 8.12. The second-order valence-corrected chi connectivity index (χ2v) is 3.14. The first-order valence-electron chi connectivity index (χ1n) is 4.68. The van der Waals surface area contributed by atoms with Gasteiger partial charge in [0.05, 0.1) is 21.9 Å². The third-order valence-electron chi connectivity index (χ3n) is 1.73. The van der Waals surface area contributed by atoms with Gasteiger partial charge in [0, 0.05) is 17.7 Å². The van der Waals surface area contributed by atoms with Gasteiger partial charge in [-0.05, 0) is 0 Å². The Bertz CT molecular complexity index is 489. The monoisotopic (exact) mass is 304 g/mol. The molecule has 1 aromatic rings. The number of hydrazine groups is 1. The lowest BCUT2D eigenvalue weighted by Gasteiger charge is -2.01. The van der Waals surface area contributed by atoms with Crippen LogP contribution in [-0.2, 0) is 0 Å². The highest BCUT2D eigenvalue weighted by Gasteiger charge is 2.16. The average molecular weight is 304 g/mol. The van der Waals surface area contributed by atoms with Crippen LogP contribution in [0.5, 0.6) is 0 Å². The number of rotatable bonds is 3. The topological polar surface area (TPSA) is 250 Å². The number of carbonyl (C=O) groups is 1. The SMILES string of the molecule is N[NH+]=C(N)N.O.O=C([O-])c1cc([N+](=O)[O-])cc([N+](=O)[O-])c1. The van der Waals surface area contributed by atoms with Crippen LogP contribution in [-0.4, -0.2) is 27.3 Å². The molecule has 0 heterocycles. The van der Waals surface area contributed by atoms with E-state index in [4.69, 9.17) is 11.5 Å². The molecule has 0 aliphatic rings. The van der Waals surface area contributed by atoms with Crippen LogP contribution in [0.4, 0.5) is 11.4 Å². The number of nitro groups is 2. The van der Waals surface area contributed by atoms with E-state index >= 15 is 0 Å². The third-order valence-corrected chi connectivity index (χ3v) is 1.73. The van der Waals surface area contributed by atoms with Crippen LogP contribution >= 0.6 is 0 Å². The second kappa shape index (κ2) is 8.59. The van der Waals surface area contributed by atoms with Crippen molar-refractivity contribution < 1.29 is 30.3 Å². The molecule has 0 spiro atoms. The van der Waals surface area contributed by atoms with Crippen LogP contribution in [0, 0.1) is 20.2 Å². The summed E-state index contributed by atoms with van der Waals surface area (Å²) < 4.78 is 0. The maximum Gasteiger partial charge on any atom is 0.360 e. The minimum absolute atomic E-state index is 0. The maximum absolute atomic E-state index is 10.4. The number of hydrogen-bond acceptors (Lipinski definition) is 7. The Morgan fingerprint density at radius 1 is 1.05 bits per heavy atom. The van der Waals surface area contributed by atoms with E-state index in [1.54, 1.807) is 0 Å². The molecule has 0 bridgehead atoms. The molecule has 0 aromatic heterocycles. The minimum Gasteiger partial charge on any atom is -0.545 e. The van der Waals surface area contributed by atoms with E-state index < -0.39 is 32.8 Å². The number of non-ortho nitro benzene ring substituents is 2. The lowest BCUT2D eigenvalue weighted by Crippen LogP contribution is -2.84. The molecule has 0 aliphatic heterocycles. The summed E-state index contributed by atoms with van der Waals surface area (Å²) in [6, 6.07) is 2.07. The molecule has 0 aliphatic carbocycles. The number of carboxylic acid groups (broad SMARTS) is 1. The molecular weight excluding hydrogens is 292 g/mol. The first kappa shape index (κ1) is 19.9. The summed E-state index contributed by atoms with van der Waals surface area (Å²) in [5, 5.41) is 33.0. The number of aromatic carboxylic acids is 1. The molecule has 0 radical (unpaired) electrons. The number of carboxylic acids is 1. The maximum atomic E-state index is 10.4. The van der Waals surface area contributed by atoms with Gasteiger partial charge in [0.1, 0.15) is 0 Å². The summed E-state index contributed by atoms with van der Waals surface area (Å²) in [6.45, 7) is 0. The van der Waals surface area contributed by atoms with E-state index in [-0.39, 0.29) is 11.4 Å². The fourth-order valence-electron chi connectivity index (χ4n) is 0.924. The van der Waals surface area contributed by atoms with Crippen LogP contribution < -0.4 is 27.5 Å². The van der Waals surface area contributed by atoms with Gasteiger partial charge in [-0.15, -0.1) is 0 Å². The van der Waals surface area contributed by atoms with E-state index in [0.717, 1.165) is 0 Å². The Labute approximate surface area is 116 Å². The van der Waals surface area contributed by atoms with E-state index in [2.05, 4.69) is 5.84 Å². The van der Waals surface area contributed by atoms with E-state index in [9.17, 15) is 30.1 Å². The Morgan fingerprint density at radius 3 is 1.57 bits per heavy atom. The zero-order valence-corrected chi connectivity index (χ0v) is 10.3. The predicted molar refractivity (Wildman–Crippen MR) is 66.2 cm³/mol. The molecule has 1 rings (SSSR count). The highest BCUT2D eigenvalue weighted by molar-refractivity contribution is 5.87. The van der Waals surface area contributed by atoms with Crippen LogP contribution in [0.25, 0.3) is 0 Å². The third kappa shape index (κ3) is 6.87. The second-order valence-electron chi connectivity index (χ2n) is 3.14. The van der Waals surface area contributed by atoms with Crippen molar-refractivity contribution in [2.45, 2.75) is 0 Å². The Morgan fingerprint density at radius 2 is 1.38 bits per heavy atom. The average Bonchev–Trinajstić information content (AvgIpc) is 2.38. The largest absolute Gasteiger partial charge is 0.545 e. The lowest BCUT2D eigenvalue weighted by molar-refractivity contribution is -0.471. The molecule has 1 aromatic carbocycles. The molecule has 0 saturated heterocycles. The molecule has 13 heteroatoms. The van der Waals surface area contributed by atoms with E-state index in [1.807, 2.05) is 5.10 Å². The smallest absolute Gasteiger partial charge is 0.360 e. The van der Waals surface area contributed by atoms with E-state index in [1.165, 1.54) is 0 Å². The standard InChI is InChI=1S/C7H4N2O6.CH6N4.H2O/c10-7(11)4-1-5(8(12)13)3-6(2-4)9(14)15;2-1(3)5-4;/h1-3H,(H,10,11);4H2,(H4,2,3,5);1H2. The zero-order chi connectivity index (χ0) is 15.9. The molecule has 13 nitrogen and oxygen atoms in total. The van der Waals surface area contributed by atoms with Gasteiger partial charge < -0.3 is 15.4 Å². The van der Waals surface area contributed by atoms with Gasteiger partial charge in [0.15, 0.2) is 0 Å². The van der Waals surface area contributed by atoms with Gasteiger partial charge in [-0.3, -0.25) is 37.5 Å².